The number of anilines is 2. The number of hydrogen-bond acceptors (Lipinski definition) is 7. The van der Waals surface area contributed by atoms with Crippen molar-refractivity contribution < 1.29 is 23.8 Å². The summed E-state index contributed by atoms with van der Waals surface area (Å²) in [5, 5.41) is 6.36. The molecule has 0 radical (unpaired) electrons. The highest BCUT2D eigenvalue weighted by Crippen LogP contribution is 2.34. The zero-order valence-electron chi connectivity index (χ0n) is 22.4. The standard InChI is InChI=1S/C30H36N2O5/c1-17-13-21(14-18(2)28(17)32-6)7-12-27(34)37-26-16-36-29-23(15-35-30(26)29)25(33)11-9-22-8-10-24(31-5)20(4)19(22)3/h7-14,23,26,29-32H,15-16H2,1-6H3/b11-9+,12-7+. The Morgan fingerprint density at radius 1 is 0.892 bits per heavy atom. The number of carbonyl (C=O) groups is 2. The summed E-state index contributed by atoms with van der Waals surface area (Å²) in [6, 6.07) is 8.03. The maximum absolute atomic E-state index is 13.0. The van der Waals surface area contributed by atoms with E-state index in [1.807, 2.05) is 65.2 Å². The number of nitrogens with one attached hydrogen (secondary N) is 2. The van der Waals surface area contributed by atoms with E-state index in [0.717, 1.165) is 44.8 Å². The Morgan fingerprint density at radius 2 is 1.59 bits per heavy atom. The molecular formula is C30H36N2O5. The highest BCUT2D eigenvalue weighted by molar-refractivity contribution is 5.96. The average Bonchev–Trinajstić information content (AvgIpc) is 3.46. The Balaban J connectivity index is 1.35. The highest BCUT2D eigenvalue weighted by atomic mass is 16.6. The fourth-order valence-corrected chi connectivity index (χ4v) is 5.24. The molecule has 0 amide bonds. The zero-order valence-corrected chi connectivity index (χ0v) is 22.4. The average molecular weight is 505 g/mol. The van der Waals surface area contributed by atoms with Crippen LogP contribution in [0.15, 0.2) is 36.4 Å². The largest absolute Gasteiger partial charge is 0.454 e. The lowest BCUT2D eigenvalue weighted by molar-refractivity contribution is -0.147. The van der Waals surface area contributed by atoms with Crippen molar-refractivity contribution in [2.45, 2.75) is 46.0 Å². The van der Waals surface area contributed by atoms with Gasteiger partial charge in [0.25, 0.3) is 0 Å². The first kappa shape index (κ1) is 26.6. The van der Waals surface area contributed by atoms with E-state index in [4.69, 9.17) is 14.2 Å². The number of rotatable bonds is 8. The quantitative estimate of drug-likeness (QED) is 0.401. The fraction of sp³-hybridized carbons (Fsp3) is 0.400. The smallest absolute Gasteiger partial charge is 0.331 e. The van der Waals surface area contributed by atoms with Gasteiger partial charge in [-0.3, -0.25) is 4.79 Å². The summed E-state index contributed by atoms with van der Waals surface area (Å²) in [5.41, 5.74) is 8.56. The number of benzene rings is 2. The molecule has 2 heterocycles. The second-order valence-electron chi connectivity index (χ2n) is 9.73. The predicted molar refractivity (Wildman–Crippen MR) is 147 cm³/mol. The molecule has 2 saturated heterocycles. The molecule has 0 aliphatic carbocycles. The molecule has 4 atom stereocenters. The van der Waals surface area contributed by atoms with Crippen molar-refractivity contribution in [2.24, 2.45) is 5.92 Å². The second-order valence-corrected chi connectivity index (χ2v) is 9.73. The third-order valence-electron chi connectivity index (χ3n) is 7.38. The molecule has 2 N–H and O–H groups in total. The number of hydrogen-bond donors (Lipinski definition) is 2. The van der Waals surface area contributed by atoms with Gasteiger partial charge in [0.2, 0.25) is 0 Å². The Labute approximate surface area is 218 Å². The summed E-state index contributed by atoms with van der Waals surface area (Å²) in [5.74, 6) is -0.934. The van der Waals surface area contributed by atoms with Crippen molar-refractivity contribution in [1.82, 2.24) is 0 Å². The maximum Gasteiger partial charge on any atom is 0.331 e. The highest BCUT2D eigenvalue weighted by Gasteiger charge is 2.51. The van der Waals surface area contributed by atoms with Crippen LogP contribution in [0.1, 0.15) is 33.4 Å². The minimum absolute atomic E-state index is 0.0510. The van der Waals surface area contributed by atoms with Gasteiger partial charge in [0, 0.05) is 31.5 Å². The summed E-state index contributed by atoms with van der Waals surface area (Å²) < 4.78 is 17.4. The van der Waals surface area contributed by atoms with E-state index in [2.05, 4.69) is 17.6 Å². The molecule has 0 aromatic heterocycles. The van der Waals surface area contributed by atoms with Crippen LogP contribution in [0.3, 0.4) is 0 Å². The molecule has 2 aromatic rings. The van der Waals surface area contributed by atoms with Crippen LogP contribution >= 0.6 is 0 Å². The Morgan fingerprint density at radius 3 is 2.27 bits per heavy atom. The molecule has 4 unspecified atom stereocenters. The maximum atomic E-state index is 13.0. The van der Waals surface area contributed by atoms with Crippen LogP contribution in [0.4, 0.5) is 11.4 Å². The molecule has 2 fully saturated rings. The lowest BCUT2D eigenvalue weighted by Gasteiger charge is -2.16. The molecule has 0 spiro atoms. The van der Waals surface area contributed by atoms with Crippen LogP contribution in [0, 0.1) is 33.6 Å². The third-order valence-corrected chi connectivity index (χ3v) is 7.38. The molecule has 196 valence electrons. The lowest BCUT2D eigenvalue weighted by atomic mass is 9.95. The first-order valence-electron chi connectivity index (χ1n) is 12.6. The number of esters is 1. The molecule has 0 saturated carbocycles. The van der Waals surface area contributed by atoms with E-state index in [0.29, 0.717) is 0 Å². The van der Waals surface area contributed by atoms with E-state index in [9.17, 15) is 9.59 Å². The third kappa shape index (κ3) is 5.63. The van der Waals surface area contributed by atoms with Crippen molar-refractivity contribution in [3.63, 3.8) is 0 Å². The Kier molecular flexibility index (Phi) is 8.15. The number of ether oxygens (including phenoxy) is 3. The summed E-state index contributed by atoms with van der Waals surface area (Å²) in [7, 11) is 3.79. The molecule has 7 heteroatoms. The van der Waals surface area contributed by atoms with Crippen molar-refractivity contribution in [1.29, 1.82) is 0 Å². The molecule has 2 aliphatic rings. The van der Waals surface area contributed by atoms with E-state index >= 15 is 0 Å². The Bertz CT molecular complexity index is 1230. The SMILES string of the molecule is CNc1ccc(/C=C/C(=O)C2COC3C(OC(=O)/C=C/c4cc(C)c(NC)c(C)c4)COC23)c(C)c1C. The first-order chi connectivity index (χ1) is 17.7. The number of carbonyl (C=O) groups excluding carboxylic acids is 2. The van der Waals surface area contributed by atoms with Crippen LogP contribution in [-0.2, 0) is 23.8 Å². The van der Waals surface area contributed by atoms with Crippen molar-refractivity contribution in [3.8, 4) is 0 Å². The summed E-state index contributed by atoms with van der Waals surface area (Å²) in [4.78, 5) is 25.5. The van der Waals surface area contributed by atoms with Crippen LogP contribution < -0.4 is 10.6 Å². The van der Waals surface area contributed by atoms with Crippen molar-refractivity contribution in [3.05, 3.63) is 69.8 Å². The van der Waals surface area contributed by atoms with Gasteiger partial charge in [-0.25, -0.2) is 4.79 Å². The number of allylic oxidation sites excluding steroid dienone is 1. The van der Waals surface area contributed by atoms with Crippen LogP contribution in [0.2, 0.25) is 0 Å². The van der Waals surface area contributed by atoms with Crippen LogP contribution in [-0.4, -0.2) is 57.4 Å². The summed E-state index contributed by atoms with van der Waals surface area (Å²) >= 11 is 0. The van der Waals surface area contributed by atoms with E-state index in [-0.39, 0.29) is 19.0 Å². The van der Waals surface area contributed by atoms with Crippen LogP contribution in [0.5, 0.6) is 0 Å². The monoisotopic (exact) mass is 504 g/mol. The van der Waals surface area contributed by atoms with Gasteiger partial charge in [-0.05, 0) is 91.4 Å². The normalized spacial score (nSPS) is 23.0. The molecule has 0 bridgehead atoms. The fourth-order valence-electron chi connectivity index (χ4n) is 5.24. The topological polar surface area (TPSA) is 85.9 Å². The lowest BCUT2D eigenvalue weighted by Crippen LogP contribution is -2.34. The molecule has 2 aliphatic heterocycles. The van der Waals surface area contributed by atoms with E-state index in [1.54, 1.807) is 12.2 Å². The minimum Gasteiger partial charge on any atom is -0.454 e. The van der Waals surface area contributed by atoms with Crippen LogP contribution in [0.25, 0.3) is 12.2 Å². The number of ketones is 1. The van der Waals surface area contributed by atoms with Gasteiger partial charge in [-0.2, -0.15) is 0 Å². The zero-order chi connectivity index (χ0) is 26.7. The van der Waals surface area contributed by atoms with Gasteiger partial charge in [0.1, 0.15) is 6.10 Å². The van der Waals surface area contributed by atoms with E-state index in [1.165, 1.54) is 6.08 Å². The summed E-state index contributed by atoms with van der Waals surface area (Å²) in [6.45, 7) is 8.60. The first-order valence-corrected chi connectivity index (χ1v) is 12.6. The molecule has 4 rings (SSSR count). The minimum atomic E-state index is -0.543. The van der Waals surface area contributed by atoms with E-state index < -0.39 is 30.2 Å². The number of fused-ring (bicyclic) bond motifs is 1. The van der Waals surface area contributed by atoms with Crippen molar-refractivity contribution >= 4 is 35.3 Å². The molecular weight excluding hydrogens is 468 g/mol. The van der Waals surface area contributed by atoms with Crippen molar-refractivity contribution in [2.75, 3.05) is 37.9 Å². The van der Waals surface area contributed by atoms with Gasteiger partial charge in [-0.15, -0.1) is 0 Å². The number of aryl methyl sites for hydroxylation is 2. The van der Waals surface area contributed by atoms with Gasteiger partial charge in [0.15, 0.2) is 11.9 Å². The predicted octanol–water partition coefficient (Wildman–Crippen LogP) is 4.62. The second kappa shape index (κ2) is 11.3. The van der Waals surface area contributed by atoms with Gasteiger partial charge in [0.05, 0.1) is 25.2 Å². The molecule has 37 heavy (non-hydrogen) atoms. The van der Waals surface area contributed by atoms with Gasteiger partial charge >= 0.3 is 5.97 Å². The molecule has 2 aromatic carbocycles. The Hall–Kier alpha value is -3.42. The van der Waals surface area contributed by atoms with Gasteiger partial charge < -0.3 is 24.8 Å². The molecule has 7 nitrogen and oxygen atoms in total. The van der Waals surface area contributed by atoms with Gasteiger partial charge in [-0.1, -0.05) is 12.1 Å². The summed E-state index contributed by atoms with van der Waals surface area (Å²) in [6.07, 6.45) is 5.20.